The molecule has 3 aromatic rings. The number of allylic oxidation sites excluding steroid dienone is 1. The van der Waals surface area contributed by atoms with E-state index in [-0.39, 0.29) is 35.8 Å². The van der Waals surface area contributed by atoms with Crippen LogP contribution in [0.2, 0.25) is 0 Å². The summed E-state index contributed by atoms with van der Waals surface area (Å²) in [6.45, 7) is 4.09. The van der Waals surface area contributed by atoms with Crippen molar-refractivity contribution in [1.29, 1.82) is 0 Å². The molecule has 0 aliphatic carbocycles. The Kier molecular flexibility index (Phi) is 7.40. The van der Waals surface area contributed by atoms with Crippen molar-refractivity contribution in [2.75, 3.05) is 18.2 Å². The highest BCUT2D eigenvalue weighted by molar-refractivity contribution is 6.31. The molecule has 0 unspecified atom stereocenters. The summed E-state index contributed by atoms with van der Waals surface area (Å²) < 4.78 is 11.6. The molecule has 182 valence electrons. The van der Waals surface area contributed by atoms with Gasteiger partial charge in [0.2, 0.25) is 0 Å². The molecule has 0 atom stereocenters. The zero-order valence-corrected chi connectivity index (χ0v) is 19.3. The SMILES string of the molecule is C=CCc1ccccc1OCCOc1ccc([N+](=O)[O-])cc1/C=C1\C(=O)NN(c2ccccc2)C1=O. The van der Waals surface area contributed by atoms with Crippen LogP contribution in [0, 0.1) is 10.1 Å². The van der Waals surface area contributed by atoms with Crippen LogP contribution in [-0.4, -0.2) is 30.0 Å². The maximum Gasteiger partial charge on any atom is 0.282 e. The number of non-ortho nitro benzene ring substituents is 1. The normalized spacial score (nSPS) is 14.0. The first-order chi connectivity index (χ1) is 17.5. The van der Waals surface area contributed by atoms with E-state index >= 15 is 0 Å². The number of carbonyl (C=O) groups excluding carboxylic acids is 2. The minimum atomic E-state index is -0.622. The van der Waals surface area contributed by atoms with Crippen LogP contribution in [0.5, 0.6) is 11.5 Å². The van der Waals surface area contributed by atoms with E-state index < -0.39 is 16.7 Å². The van der Waals surface area contributed by atoms with E-state index in [0.29, 0.717) is 17.9 Å². The fourth-order valence-corrected chi connectivity index (χ4v) is 3.64. The number of amides is 2. The fourth-order valence-electron chi connectivity index (χ4n) is 3.64. The molecule has 0 spiro atoms. The monoisotopic (exact) mass is 485 g/mol. The second-order valence-electron chi connectivity index (χ2n) is 7.75. The Bertz CT molecular complexity index is 1340. The lowest BCUT2D eigenvalue weighted by atomic mass is 10.1. The number of nitro benzene ring substituents is 1. The average Bonchev–Trinajstić information content (AvgIpc) is 3.17. The van der Waals surface area contributed by atoms with Crippen LogP contribution in [0.25, 0.3) is 6.08 Å². The number of hydrazine groups is 1. The van der Waals surface area contributed by atoms with Crippen LogP contribution in [-0.2, 0) is 16.0 Å². The van der Waals surface area contributed by atoms with Crippen LogP contribution in [0.15, 0.2) is 91.0 Å². The summed E-state index contributed by atoms with van der Waals surface area (Å²) in [5.41, 5.74) is 3.84. The van der Waals surface area contributed by atoms with Gasteiger partial charge in [-0.05, 0) is 42.3 Å². The number of para-hydroxylation sites is 2. The molecule has 0 saturated carbocycles. The van der Waals surface area contributed by atoms with Crippen molar-refractivity contribution in [1.82, 2.24) is 5.43 Å². The smallest absolute Gasteiger partial charge is 0.282 e. The second-order valence-corrected chi connectivity index (χ2v) is 7.75. The van der Waals surface area contributed by atoms with Gasteiger partial charge in [-0.1, -0.05) is 42.5 Å². The van der Waals surface area contributed by atoms with Crippen LogP contribution in [0.3, 0.4) is 0 Å². The number of carbonyl (C=O) groups is 2. The standard InChI is InChI=1S/C27H23N3O6/c1-2-8-19-9-6-7-12-24(19)35-15-16-36-25-14-13-22(30(33)34)17-20(25)18-23-26(31)28-29(27(23)32)21-10-4-3-5-11-21/h2-7,9-14,17-18H,1,8,15-16H2,(H,28,31)/b23-18+. The van der Waals surface area contributed by atoms with Gasteiger partial charge in [-0.25, -0.2) is 5.01 Å². The lowest BCUT2D eigenvalue weighted by Gasteiger charge is -2.14. The molecule has 3 aromatic carbocycles. The molecule has 1 N–H and O–H groups in total. The quantitative estimate of drug-likeness (QED) is 0.115. The van der Waals surface area contributed by atoms with Gasteiger partial charge in [0.1, 0.15) is 30.3 Å². The topological polar surface area (TPSA) is 111 Å². The molecule has 9 heteroatoms. The predicted octanol–water partition coefficient (Wildman–Crippen LogP) is 4.24. The molecule has 1 fully saturated rings. The minimum absolute atomic E-state index is 0.132. The minimum Gasteiger partial charge on any atom is -0.490 e. The van der Waals surface area contributed by atoms with Crippen molar-refractivity contribution >= 4 is 29.3 Å². The molecule has 1 aliphatic heterocycles. The van der Waals surface area contributed by atoms with E-state index in [1.807, 2.05) is 24.3 Å². The highest BCUT2D eigenvalue weighted by Gasteiger charge is 2.34. The third-order valence-corrected chi connectivity index (χ3v) is 5.35. The van der Waals surface area contributed by atoms with E-state index in [1.165, 1.54) is 24.3 Å². The van der Waals surface area contributed by atoms with E-state index in [4.69, 9.17) is 9.47 Å². The third-order valence-electron chi connectivity index (χ3n) is 5.35. The van der Waals surface area contributed by atoms with Crippen molar-refractivity contribution < 1.29 is 24.0 Å². The number of rotatable bonds is 10. The number of ether oxygens (including phenoxy) is 2. The van der Waals surface area contributed by atoms with Gasteiger partial charge in [0.15, 0.2) is 0 Å². The maximum absolute atomic E-state index is 12.9. The largest absolute Gasteiger partial charge is 0.490 e. The zero-order chi connectivity index (χ0) is 25.5. The lowest BCUT2D eigenvalue weighted by Crippen LogP contribution is -2.35. The summed E-state index contributed by atoms with van der Waals surface area (Å²) in [6.07, 6.45) is 3.74. The number of hydrogen-bond acceptors (Lipinski definition) is 6. The highest BCUT2D eigenvalue weighted by Crippen LogP contribution is 2.29. The first-order valence-corrected chi connectivity index (χ1v) is 11.1. The van der Waals surface area contributed by atoms with Crippen molar-refractivity contribution in [3.8, 4) is 11.5 Å². The Morgan fingerprint density at radius 1 is 0.944 bits per heavy atom. The molecule has 0 aromatic heterocycles. The molecule has 1 saturated heterocycles. The van der Waals surface area contributed by atoms with Crippen LogP contribution in [0.1, 0.15) is 11.1 Å². The van der Waals surface area contributed by atoms with Gasteiger partial charge in [-0.15, -0.1) is 6.58 Å². The Hall–Kier alpha value is -4.92. The van der Waals surface area contributed by atoms with Gasteiger partial charge in [-0.3, -0.25) is 25.1 Å². The van der Waals surface area contributed by atoms with Crippen molar-refractivity contribution in [3.63, 3.8) is 0 Å². The van der Waals surface area contributed by atoms with Gasteiger partial charge in [0.25, 0.3) is 17.5 Å². The number of nitrogens with one attached hydrogen (secondary N) is 1. The van der Waals surface area contributed by atoms with E-state index in [1.54, 1.807) is 36.4 Å². The second kappa shape index (κ2) is 11.0. The third kappa shape index (κ3) is 5.41. The molecular formula is C27H23N3O6. The summed E-state index contributed by atoms with van der Waals surface area (Å²) in [5.74, 6) is -0.217. The number of benzene rings is 3. The molecule has 1 heterocycles. The molecule has 0 bridgehead atoms. The predicted molar refractivity (Wildman–Crippen MR) is 134 cm³/mol. The summed E-state index contributed by atoms with van der Waals surface area (Å²) >= 11 is 0. The van der Waals surface area contributed by atoms with Crippen LogP contribution >= 0.6 is 0 Å². The van der Waals surface area contributed by atoms with Crippen molar-refractivity contribution in [2.45, 2.75) is 6.42 Å². The van der Waals surface area contributed by atoms with E-state index in [9.17, 15) is 19.7 Å². The molecule has 4 rings (SSSR count). The average molecular weight is 485 g/mol. The van der Waals surface area contributed by atoms with Gasteiger partial charge in [0.05, 0.1) is 10.6 Å². The van der Waals surface area contributed by atoms with Gasteiger partial charge in [0, 0.05) is 17.7 Å². The summed E-state index contributed by atoms with van der Waals surface area (Å²) in [5, 5.41) is 12.5. The first-order valence-electron chi connectivity index (χ1n) is 11.1. The first kappa shape index (κ1) is 24.2. The van der Waals surface area contributed by atoms with Crippen LogP contribution < -0.4 is 19.9 Å². The van der Waals surface area contributed by atoms with Gasteiger partial charge in [-0.2, -0.15) is 0 Å². The Balaban J connectivity index is 1.53. The number of nitro groups is 1. The summed E-state index contributed by atoms with van der Waals surface area (Å²) in [4.78, 5) is 36.3. The van der Waals surface area contributed by atoms with E-state index in [2.05, 4.69) is 12.0 Å². The molecule has 2 amide bonds. The number of hydrogen-bond donors (Lipinski definition) is 1. The molecule has 1 aliphatic rings. The molecule has 36 heavy (non-hydrogen) atoms. The Morgan fingerprint density at radius 3 is 2.36 bits per heavy atom. The van der Waals surface area contributed by atoms with Gasteiger partial charge >= 0.3 is 0 Å². The maximum atomic E-state index is 12.9. The van der Waals surface area contributed by atoms with Crippen molar-refractivity contribution in [3.05, 3.63) is 112 Å². The van der Waals surface area contributed by atoms with E-state index in [0.717, 1.165) is 10.6 Å². The van der Waals surface area contributed by atoms with Crippen LogP contribution in [0.4, 0.5) is 11.4 Å². The molecule has 0 radical (unpaired) electrons. The highest BCUT2D eigenvalue weighted by atomic mass is 16.6. The summed E-state index contributed by atoms with van der Waals surface area (Å²) in [7, 11) is 0. The molecular weight excluding hydrogens is 462 g/mol. The van der Waals surface area contributed by atoms with Crippen molar-refractivity contribution in [2.24, 2.45) is 0 Å². The lowest BCUT2D eigenvalue weighted by molar-refractivity contribution is -0.384. The zero-order valence-electron chi connectivity index (χ0n) is 19.3. The summed E-state index contributed by atoms with van der Waals surface area (Å²) in [6, 6.07) is 20.2. The van der Waals surface area contributed by atoms with Gasteiger partial charge < -0.3 is 9.47 Å². The number of nitrogens with zero attached hydrogens (tertiary/aromatic N) is 2. The Labute approximate surface area is 207 Å². The number of anilines is 1. The Morgan fingerprint density at radius 2 is 1.64 bits per heavy atom. The fraction of sp³-hybridized carbons (Fsp3) is 0.111. The molecule has 9 nitrogen and oxygen atoms in total.